The van der Waals surface area contributed by atoms with Crippen LogP contribution in [0.5, 0.6) is 0 Å². The SMILES string of the molecule is CC(N)=NC/C=C(/C)CC[C@@](C)(N)C(=O)O.Cl.Cl. The van der Waals surface area contributed by atoms with Crippen molar-refractivity contribution in [2.24, 2.45) is 16.5 Å². The average molecular weight is 300 g/mol. The molecule has 0 aliphatic carbocycles. The molecule has 0 amide bonds. The van der Waals surface area contributed by atoms with Gasteiger partial charge in [-0.2, -0.15) is 0 Å². The third kappa shape index (κ3) is 10.4. The van der Waals surface area contributed by atoms with Gasteiger partial charge in [-0.3, -0.25) is 9.79 Å². The standard InChI is InChI=1S/C11H21N3O2.2ClH/c1-8(5-7-14-9(2)12)4-6-11(3,13)10(15)16;;/h5H,4,6-7,13H2,1-3H3,(H2,12,14)(H,15,16);2*1H/b8-5-;;/t11-;;/m1../s1. The molecule has 18 heavy (non-hydrogen) atoms. The highest BCUT2D eigenvalue weighted by atomic mass is 35.5. The molecule has 0 aromatic carbocycles. The molecule has 0 fully saturated rings. The summed E-state index contributed by atoms with van der Waals surface area (Å²) >= 11 is 0. The Kier molecular flexibility index (Phi) is 12.7. The summed E-state index contributed by atoms with van der Waals surface area (Å²) < 4.78 is 0. The Morgan fingerprint density at radius 2 is 1.89 bits per heavy atom. The summed E-state index contributed by atoms with van der Waals surface area (Å²) in [6.45, 7) is 5.71. The van der Waals surface area contributed by atoms with Gasteiger partial charge in [0.05, 0.1) is 12.4 Å². The van der Waals surface area contributed by atoms with Gasteiger partial charge < -0.3 is 16.6 Å². The molecule has 0 bridgehead atoms. The second-order valence-electron chi connectivity index (χ2n) is 4.26. The quantitative estimate of drug-likeness (QED) is 0.395. The van der Waals surface area contributed by atoms with Gasteiger partial charge in [-0.25, -0.2) is 0 Å². The van der Waals surface area contributed by atoms with E-state index in [1.807, 2.05) is 13.0 Å². The lowest BCUT2D eigenvalue weighted by atomic mass is 9.95. The molecule has 0 rings (SSSR count). The van der Waals surface area contributed by atoms with E-state index < -0.39 is 11.5 Å². The van der Waals surface area contributed by atoms with E-state index in [0.717, 1.165) is 5.57 Å². The zero-order valence-corrected chi connectivity index (χ0v) is 12.6. The van der Waals surface area contributed by atoms with Crippen LogP contribution in [0.1, 0.15) is 33.6 Å². The van der Waals surface area contributed by atoms with Gasteiger partial charge in [-0.1, -0.05) is 11.6 Å². The number of carboxylic acid groups (broad SMARTS) is 1. The first-order chi connectivity index (χ1) is 7.25. The summed E-state index contributed by atoms with van der Waals surface area (Å²) in [5, 5.41) is 8.82. The maximum atomic E-state index is 10.8. The minimum Gasteiger partial charge on any atom is -0.480 e. The van der Waals surface area contributed by atoms with Crippen molar-refractivity contribution in [3.63, 3.8) is 0 Å². The number of aliphatic carboxylic acids is 1. The molecule has 0 aliphatic heterocycles. The number of nitrogens with zero attached hydrogens (tertiary/aromatic N) is 1. The number of hydrogen-bond acceptors (Lipinski definition) is 3. The molecule has 0 aromatic heterocycles. The number of carbonyl (C=O) groups is 1. The first kappa shape index (κ1) is 22.4. The molecule has 5 N–H and O–H groups in total. The number of aliphatic imine (C=N–C) groups is 1. The van der Waals surface area contributed by atoms with Gasteiger partial charge in [-0.15, -0.1) is 24.8 Å². The van der Waals surface area contributed by atoms with Crippen molar-refractivity contribution in [2.45, 2.75) is 39.2 Å². The third-order valence-electron chi connectivity index (χ3n) is 2.31. The molecule has 0 saturated heterocycles. The highest BCUT2D eigenvalue weighted by Crippen LogP contribution is 2.13. The van der Waals surface area contributed by atoms with Crippen molar-refractivity contribution in [2.75, 3.05) is 6.54 Å². The lowest BCUT2D eigenvalue weighted by Gasteiger charge is -2.18. The van der Waals surface area contributed by atoms with Crippen LogP contribution in [0.15, 0.2) is 16.6 Å². The summed E-state index contributed by atoms with van der Waals surface area (Å²) in [7, 11) is 0. The molecular weight excluding hydrogens is 277 g/mol. The van der Waals surface area contributed by atoms with Gasteiger partial charge in [-0.05, 0) is 33.6 Å². The molecule has 0 aliphatic rings. The number of carboxylic acids is 1. The Morgan fingerprint density at radius 3 is 2.28 bits per heavy atom. The van der Waals surface area contributed by atoms with E-state index in [-0.39, 0.29) is 24.8 Å². The van der Waals surface area contributed by atoms with Gasteiger partial charge in [0.25, 0.3) is 0 Å². The Bertz CT molecular complexity index is 311. The molecule has 7 heteroatoms. The number of nitrogens with two attached hydrogens (primary N) is 2. The normalized spacial score (nSPS) is 15.1. The molecule has 108 valence electrons. The zero-order chi connectivity index (χ0) is 12.8. The number of amidine groups is 1. The van der Waals surface area contributed by atoms with Gasteiger partial charge in [0.1, 0.15) is 5.54 Å². The first-order valence-corrected chi connectivity index (χ1v) is 5.20. The van der Waals surface area contributed by atoms with Crippen LogP contribution in [0.2, 0.25) is 0 Å². The average Bonchev–Trinajstić information content (AvgIpc) is 2.14. The first-order valence-electron chi connectivity index (χ1n) is 5.20. The van der Waals surface area contributed by atoms with E-state index in [1.54, 1.807) is 6.92 Å². The third-order valence-corrected chi connectivity index (χ3v) is 2.31. The van der Waals surface area contributed by atoms with E-state index in [1.165, 1.54) is 6.92 Å². The van der Waals surface area contributed by atoms with Gasteiger partial charge >= 0.3 is 5.97 Å². The van der Waals surface area contributed by atoms with Gasteiger partial charge in [0.2, 0.25) is 0 Å². The lowest BCUT2D eigenvalue weighted by Crippen LogP contribution is -2.44. The van der Waals surface area contributed by atoms with Crippen LogP contribution in [0.25, 0.3) is 0 Å². The molecule has 0 saturated carbocycles. The number of allylic oxidation sites excluding steroid dienone is 1. The van der Waals surface area contributed by atoms with Crippen LogP contribution >= 0.6 is 24.8 Å². The van der Waals surface area contributed by atoms with Crippen molar-refractivity contribution in [3.05, 3.63) is 11.6 Å². The molecule has 5 nitrogen and oxygen atoms in total. The second kappa shape index (κ2) is 10.2. The number of halogens is 2. The van der Waals surface area contributed by atoms with Crippen LogP contribution < -0.4 is 11.5 Å². The Morgan fingerprint density at radius 1 is 1.39 bits per heavy atom. The van der Waals surface area contributed by atoms with Crippen molar-refractivity contribution in [1.82, 2.24) is 0 Å². The van der Waals surface area contributed by atoms with Gasteiger partial charge in [0, 0.05) is 0 Å². The number of rotatable bonds is 6. The fraction of sp³-hybridized carbons (Fsp3) is 0.636. The molecule has 0 aromatic rings. The lowest BCUT2D eigenvalue weighted by molar-refractivity contribution is -0.142. The van der Waals surface area contributed by atoms with Crippen molar-refractivity contribution >= 4 is 36.6 Å². The van der Waals surface area contributed by atoms with Crippen LogP contribution in [-0.2, 0) is 4.79 Å². The molecule has 0 heterocycles. The highest BCUT2D eigenvalue weighted by molar-refractivity contribution is 5.85. The van der Waals surface area contributed by atoms with E-state index in [2.05, 4.69) is 4.99 Å². The topological polar surface area (TPSA) is 102 Å². The molecular formula is C11H23Cl2N3O2. The summed E-state index contributed by atoms with van der Waals surface area (Å²) in [5.41, 5.74) is 10.9. The van der Waals surface area contributed by atoms with Crippen LogP contribution in [0.3, 0.4) is 0 Å². The summed E-state index contributed by atoms with van der Waals surface area (Å²) in [5.74, 6) is -0.436. The van der Waals surface area contributed by atoms with Gasteiger partial charge in [0.15, 0.2) is 0 Å². The minimum absolute atomic E-state index is 0. The van der Waals surface area contributed by atoms with E-state index >= 15 is 0 Å². The maximum absolute atomic E-state index is 10.8. The smallest absolute Gasteiger partial charge is 0.323 e. The fourth-order valence-corrected chi connectivity index (χ4v) is 1.01. The minimum atomic E-state index is -1.16. The van der Waals surface area contributed by atoms with Crippen LogP contribution in [-0.4, -0.2) is 29.0 Å². The molecule has 0 spiro atoms. The largest absolute Gasteiger partial charge is 0.480 e. The second-order valence-corrected chi connectivity index (χ2v) is 4.26. The molecule has 0 radical (unpaired) electrons. The van der Waals surface area contributed by atoms with E-state index in [4.69, 9.17) is 16.6 Å². The molecule has 1 atom stereocenters. The van der Waals surface area contributed by atoms with E-state index in [0.29, 0.717) is 25.2 Å². The Hall–Kier alpha value is -0.780. The van der Waals surface area contributed by atoms with Crippen molar-refractivity contribution < 1.29 is 9.90 Å². The van der Waals surface area contributed by atoms with E-state index in [9.17, 15) is 4.79 Å². The Balaban J connectivity index is -0.00000112. The van der Waals surface area contributed by atoms with Crippen molar-refractivity contribution in [1.29, 1.82) is 0 Å². The number of hydrogen-bond donors (Lipinski definition) is 3. The predicted octanol–water partition coefficient (Wildman–Crippen LogP) is 1.74. The molecule has 0 unspecified atom stereocenters. The summed E-state index contributed by atoms with van der Waals surface area (Å²) in [4.78, 5) is 14.8. The van der Waals surface area contributed by atoms with Crippen LogP contribution in [0.4, 0.5) is 0 Å². The van der Waals surface area contributed by atoms with Crippen molar-refractivity contribution in [3.8, 4) is 0 Å². The maximum Gasteiger partial charge on any atom is 0.323 e. The van der Waals surface area contributed by atoms with Crippen LogP contribution in [0, 0.1) is 0 Å². The summed E-state index contributed by atoms with van der Waals surface area (Å²) in [6.07, 6.45) is 2.99. The predicted molar refractivity (Wildman–Crippen MR) is 79.9 cm³/mol. The summed E-state index contributed by atoms with van der Waals surface area (Å²) in [6, 6.07) is 0. The monoisotopic (exact) mass is 299 g/mol. The fourth-order valence-electron chi connectivity index (χ4n) is 1.01. The zero-order valence-electron chi connectivity index (χ0n) is 11.0. The Labute approximate surface area is 121 Å². The highest BCUT2D eigenvalue weighted by Gasteiger charge is 2.26.